The number of hydrogen-bond donors (Lipinski definition) is 0. The number of Topliss-reactive ketones (excluding diaryl/α,β-unsaturated/α-hetero) is 1. The molecule has 0 radical (unpaired) electrons. The standard InChI is InChI=1S/C22H22N4O5S/c1-24-18-11-7-8-12-19(18)25(2)21(24)16(13-23)20(27)14-31-22(28)15-9-5-6-10-17(15)26(3)32(4,29)30/h5-12H,14H2,1-4H3. The van der Waals surface area contributed by atoms with E-state index >= 15 is 0 Å². The molecule has 0 unspecified atom stereocenters. The van der Waals surface area contributed by atoms with Crippen LogP contribution in [0.3, 0.4) is 0 Å². The van der Waals surface area contributed by atoms with Gasteiger partial charge in [0.1, 0.15) is 17.5 Å². The Morgan fingerprint density at radius 1 is 1.03 bits per heavy atom. The Kier molecular flexibility index (Phi) is 6.23. The second kappa shape index (κ2) is 8.72. The summed E-state index contributed by atoms with van der Waals surface area (Å²) in [5, 5.41) is 9.66. The number of anilines is 3. The molecule has 0 aliphatic carbocycles. The summed E-state index contributed by atoms with van der Waals surface area (Å²) in [5.41, 5.74) is 1.63. The predicted molar refractivity (Wildman–Crippen MR) is 121 cm³/mol. The number of para-hydroxylation sites is 3. The zero-order valence-corrected chi connectivity index (χ0v) is 18.9. The predicted octanol–water partition coefficient (Wildman–Crippen LogP) is 2.13. The largest absolute Gasteiger partial charge is 0.454 e. The van der Waals surface area contributed by atoms with Gasteiger partial charge >= 0.3 is 5.97 Å². The van der Waals surface area contributed by atoms with E-state index in [9.17, 15) is 23.3 Å². The molecule has 166 valence electrons. The van der Waals surface area contributed by atoms with Crippen LogP contribution in [0.2, 0.25) is 0 Å². The fourth-order valence-corrected chi connectivity index (χ4v) is 3.95. The quantitative estimate of drug-likeness (QED) is 0.371. The number of benzene rings is 2. The second-order valence-corrected chi connectivity index (χ2v) is 9.18. The Balaban J connectivity index is 1.83. The van der Waals surface area contributed by atoms with Gasteiger partial charge in [0.05, 0.1) is 28.9 Å². The molecule has 1 aliphatic rings. The minimum Gasteiger partial charge on any atom is -0.454 e. The molecule has 10 heteroatoms. The van der Waals surface area contributed by atoms with E-state index in [4.69, 9.17) is 4.74 Å². The van der Waals surface area contributed by atoms with E-state index in [2.05, 4.69) is 0 Å². The van der Waals surface area contributed by atoms with Crippen LogP contribution in [0.5, 0.6) is 0 Å². The highest BCUT2D eigenvalue weighted by molar-refractivity contribution is 7.92. The molecule has 0 amide bonds. The number of hydrogen-bond acceptors (Lipinski definition) is 8. The third-order valence-corrected chi connectivity index (χ3v) is 6.34. The summed E-state index contributed by atoms with van der Waals surface area (Å²) < 4.78 is 29.8. The van der Waals surface area contributed by atoms with Crippen LogP contribution >= 0.6 is 0 Å². The molecule has 9 nitrogen and oxygen atoms in total. The summed E-state index contributed by atoms with van der Waals surface area (Å²) in [7, 11) is 1.18. The van der Waals surface area contributed by atoms with Crippen molar-refractivity contribution < 1.29 is 22.7 Å². The van der Waals surface area contributed by atoms with Crippen LogP contribution in [0.4, 0.5) is 17.1 Å². The lowest BCUT2D eigenvalue weighted by Gasteiger charge is -2.20. The summed E-state index contributed by atoms with van der Waals surface area (Å²) >= 11 is 0. The Morgan fingerprint density at radius 3 is 2.09 bits per heavy atom. The van der Waals surface area contributed by atoms with E-state index in [1.54, 1.807) is 36.0 Å². The molecule has 0 saturated carbocycles. The Morgan fingerprint density at radius 2 is 1.56 bits per heavy atom. The molecule has 0 aromatic heterocycles. The molecule has 2 aromatic rings. The highest BCUT2D eigenvalue weighted by atomic mass is 32.2. The number of fused-ring (bicyclic) bond motifs is 1. The lowest BCUT2D eigenvalue weighted by Crippen LogP contribution is -2.28. The van der Waals surface area contributed by atoms with Crippen molar-refractivity contribution in [1.29, 1.82) is 5.26 Å². The Labute approximate surface area is 186 Å². The van der Waals surface area contributed by atoms with Crippen LogP contribution in [0, 0.1) is 11.3 Å². The molecule has 0 spiro atoms. The van der Waals surface area contributed by atoms with Gasteiger partial charge in [-0.3, -0.25) is 9.10 Å². The van der Waals surface area contributed by atoms with Gasteiger partial charge in [-0.2, -0.15) is 5.26 Å². The number of ketones is 1. The number of esters is 1. The van der Waals surface area contributed by atoms with Gasteiger partial charge < -0.3 is 14.5 Å². The average Bonchev–Trinajstić information content (AvgIpc) is 3.02. The summed E-state index contributed by atoms with van der Waals surface area (Å²) in [5.74, 6) is -1.16. The molecule has 0 saturated heterocycles. The minimum absolute atomic E-state index is 0.0121. The third kappa shape index (κ3) is 4.15. The molecule has 1 aliphatic heterocycles. The van der Waals surface area contributed by atoms with Crippen LogP contribution in [-0.4, -0.2) is 54.2 Å². The number of nitrogens with zero attached hydrogens (tertiary/aromatic N) is 4. The van der Waals surface area contributed by atoms with Crippen LogP contribution < -0.4 is 14.1 Å². The first-order chi connectivity index (χ1) is 15.1. The van der Waals surface area contributed by atoms with Crippen molar-refractivity contribution in [3.63, 3.8) is 0 Å². The normalized spacial score (nSPS) is 12.8. The molecule has 2 aromatic carbocycles. The number of sulfonamides is 1. The van der Waals surface area contributed by atoms with Gasteiger partial charge in [-0.1, -0.05) is 24.3 Å². The summed E-state index contributed by atoms with van der Waals surface area (Å²) in [6.07, 6.45) is 1.01. The van der Waals surface area contributed by atoms with Gasteiger partial charge in [-0.25, -0.2) is 13.2 Å². The first kappa shape index (κ1) is 22.8. The zero-order valence-electron chi connectivity index (χ0n) is 18.1. The van der Waals surface area contributed by atoms with Gasteiger partial charge in [0.25, 0.3) is 0 Å². The summed E-state index contributed by atoms with van der Waals surface area (Å²) in [4.78, 5) is 28.9. The van der Waals surface area contributed by atoms with Crippen LogP contribution in [0.1, 0.15) is 10.4 Å². The van der Waals surface area contributed by atoms with Crippen molar-refractivity contribution in [2.24, 2.45) is 0 Å². The van der Waals surface area contributed by atoms with Gasteiger partial charge in [0, 0.05) is 21.1 Å². The number of carbonyl (C=O) groups excluding carboxylic acids is 2. The number of rotatable bonds is 6. The number of nitriles is 1. The first-order valence-electron chi connectivity index (χ1n) is 9.52. The summed E-state index contributed by atoms with van der Waals surface area (Å²) in [6, 6.07) is 15.4. The minimum atomic E-state index is -3.61. The van der Waals surface area contributed by atoms with Crippen LogP contribution in [0.15, 0.2) is 59.9 Å². The first-order valence-corrected chi connectivity index (χ1v) is 11.4. The molecular weight excluding hydrogens is 432 g/mol. The van der Waals surface area contributed by atoms with E-state index in [-0.39, 0.29) is 16.8 Å². The third-order valence-electron chi connectivity index (χ3n) is 5.15. The van der Waals surface area contributed by atoms with Gasteiger partial charge in [-0.15, -0.1) is 0 Å². The van der Waals surface area contributed by atoms with Gasteiger partial charge in [-0.05, 0) is 24.3 Å². The molecule has 0 fully saturated rings. The van der Waals surface area contributed by atoms with E-state index in [1.807, 2.05) is 30.3 Å². The van der Waals surface area contributed by atoms with Gasteiger partial charge in [0.2, 0.25) is 15.8 Å². The van der Waals surface area contributed by atoms with Crippen molar-refractivity contribution in [3.05, 3.63) is 65.5 Å². The maximum Gasteiger partial charge on any atom is 0.340 e. The lowest BCUT2D eigenvalue weighted by molar-refractivity contribution is -0.118. The van der Waals surface area contributed by atoms with Crippen LogP contribution in [0.25, 0.3) is 0 Å². The molecule has 0 atom stereocenters. The monoisotopic (exact) mass is 454 g/mol. The molecular formula is C22H22N4O5S. The smallest absolute Gasteiger partial charge is 0.340 e. The van der Waals surface area contributed by atoms with Crippen LogP contribution in [-0.2, 0) is 19.6 Å². The highest BCUT2D eigenvalue weighted by Gasteiger charge is 2.31. The topological polar surface area (TPSA) is 111 Å². The zero-order chi connectivity index (χ0) is 23.6. The number of ether oxygens (including phenoxy) is 1. The summed E-state index contributed by atoms with van der Waals surface area (Å²) in [6.45, 7) is -0.666. The Hall–Kier alpha value is -3.84. The maximum atomic E-state index is 12.8. The highest BCUT2D eigenvalue weighted by Crippen LogP contribution is 2.40. The van der Waals surface area contributed by atoms with Crippen molar-refractivity contribution in [1.82, 2.24) is 0 Å². The molecule has 32 heavy (non-hydrogen) atoms. The van der Waals surface area contributed by atoms with E-state index < -0.39 is 28.4 Å². The lowest BCUT2D eigenvalue weighted by atomic mass is 10.1. The van der Waals surface area contributed by atoms with Gasteiger partial charge in [0.15, 0.2) is 6.61 Å². The molecule has 3 rings (SSSR count). The fourth-order valence-electron chi connectivity index (χ4n) is 3.44. The van der Waals surface area contributed by atoms with E-state index in [0.717, 1.165) is 21.9 Å². The van der Waals surface area contributed by atoms with E-state index in [0.29, 0.717) is 5.82 Å². The molecule has 1 heterocycles. The second-order valence-electron chi connectivity index (χ2n) is 7.16. The SMILES string of the molecule is CN1C(=C(C#N)C(=O)COC(=O)c2ccccc2N(C)S(C)(=O)=O)N(C)c2ccccc21. The maximum absolute atomic E-state index is 12.8. The molecule has 0 bridgehead atoms. The van der Waals surface area contributed by atoms with Crippen molar-refractivity contribution in [2.45, 2.75) is 0 Å². The average molecular weight is 455 g/mol. The molecule has 0 N–H and O–H groups in total. The fraction of sp³-hybridized carbons (Fsp3) is 0.227. The van der Waals surface area contributed by atoms with Crippen molar-refractivity contribution in [2.75, 3.05) is 48.1 Å². The van der Waals surface area contributed by atoms with Crippen molar-refractivity contribution >= 4 is 38.8 Å². The van der Waals surface area contributed by atoms with E-state index in [1.165, 1.54) is 19.2 Å². The number of carbonyl (C=O) groups is 2. The Bertz CT molecular complexity index is 1230. The van der Waals surface area contributed by atoms with Crippen molar-refractivity contribution in [3.8, 4) is 6.07 Å².